The first kappa shape index (κ1) is 12.6. The minimum atomic E-state index is 0.245. The Morgan fingerprint density at radius 2 is 2.20 bits per heavy atom. The van der Waals surface area contributed by atoms with Gasteiger partial charge in [-0.1, -0.05) is 13.8 Å². The highest BCUT2D eigenvalue weighted by Crippen LogP contribution is 2.10. The van der Waals surface area contributed by atoms with Gasteiger partial charge in [-0.25, -0.2) is 4.98 Å². The standard InChI is InChI=1S/C11H21N3S/c1-8(2)11(12)6-14(4)5-10-7-15-9(3)13-10/h7-8,11H,5-6,12H2,1-4H3. The maximum Gasteiger partial charge on any atom is 0.0897 e. The fourth-order valence-electron chi connectivity index (χ4n) is 1.39. The van der Waals surface area contributed by atoms with E-state index in [-0.39, 0.29) is 6.04 Å². The normalized spacial score (nSPS) is 13.8. The Kier molecular flexibility index (Phi) is 4.70. The summed E-state index contributed by atoms with van der Waals surface area (Å²) >= 11 is 1.70. The van der Waals surface area contributed by atoms with Crippen LogP contribution in [0.3, 0.4) is 0 Å². The van der Waals surface area contributed by atoms with Crippen molar-refractivity contribution in [2.75, 3.05) is 13.6 Å². The van der Waals surface area contributed by atoms with E-state index in [1.165, 1.54) is 0 Å². The van der Waals surface area contributed by atoms with Gasteiger partial charge in [-0.15, -0.1) is 11.3 Å². The van der Waals surface area contributed by atoms with Crippen LogP contribution in [0.15, 0.2) is 5.38 Å². The number of hydrogen-bond acceptors (Lipinski definition) is 4. The van der Waals surface area contributed by atoms with E-state index in [9.17, 15) is 0 Å². The molecule has 0 amide bonds. The molecule has 0 aromatic carbocycles. The van der Waals surface area contributed by atoms with E-state index in [1.807, 2.05) is 6.92 Å². The average molecular weight is 227 g/mol. The quantitative estimate of drug-likeness (QED) is 0.835. The zero-order valence-electron chi connectivity index (χ0n) is 10.0. The molecule has 2 N–H and O–H groups in total. The van der Waals surface area contributed by atoms with Crippen molar-refractivity contribution < 1.29 is 0 Å². The Hall–Kier alpha value is -0.450. The van der Waals surface area contributed by atoms with Crippen LogP contribution in [0.5, 0.6) is 0 Å². The number of thiazole rings is 1. The van der Waals surface area contributed by atoms with Crippen molar-refractivity contribution in [1.82, 2.24) is 9.88 Å². The molecule has 0 spiro atoms. The van der Waals surface area contributed by atoms with Crippen molar-refractivity contribution in [3.63, 3.8) is 0 Å². The summed E-state index contributed by atoms with van der Waals surface area (Å²) < 4.78 is 0. The van der Waals surface area contributed by atoms with E-state index in [1.54, 1.807) is 11.3 Å². The smallest absolute Gasteiger partial charge is 0.0897 e. The number of aryl methyl sites for hydroxylation is 1. The van der Waals surface area contributed by atoms with E-state index in [4.69, 9.17) is 5.73 Å². The molecule has 0 fully saturated rings. The van der Waals surface area contributed by atoms with Gasteiger partial charge in [0.15, 0.2) is 0 Å². The molecule has 1 atom stereocenters. The minimum absolute atomic E-state index is 0.245. The largest absolute Gasteiger partial charge is 0.326 e. The van der Waals surface area contributed by atoms with E-state index in [2.05, 4.69) is 36.2 Å². The lowest BCUT2D eigenvalue weighted by Crippen LogP contribution is -2.38. The summed E-state index contributed by atoms with van der Waals surface area (Å²) in [7, 11) is 2.09. The molecule has 0 aliphatic rings. The Bertz CT molecular complexity index is 296. The first-order valence-electron chi connectivity index (χ1n) is 5.34. The van der Waals surface area contributed by atoms with E-state index < -0.39 is 0 Å². The Morgan fingerprint density at radius 3 is 2.67 bits per heavy atom. The van der Waals surface area contributed by atoms with Crippen LogP contribution < -0.4 is 5.73 Å². The molecule has 1 aromatic rings. The molecule has 1 heterocycles. The molecular formula is C11H21N3S. The van der Waals surface area contributed by atoms with Gasteiger partial charge in [0.25, 0.3) is 0 Å². The summed E-state index contributed by atoms with van der Waals surface area (Å²) in [6.45, 7) is 8.17. The summed E-state index contributed by atoms with van der Waals surface area (Å²) in [4.78, 5) is 6.67. The highest BCUT2D eigenvalue weighted by Gasteiger charge is 2.11. The lowest BCUT2D eigenvalue weighted by molar-refractivity contribution is 0.274. The first-order chi connectivity index (χ1) is 6.99. The average Bonchev–Trinajstić information content (AvgIpc) is 2.50. The number of nitrogens with two attached hydrogens (primary N) is 1. The molecule has 0 saturated carbocycles. The highest BCUT2D eigenvalue weighted by molar-refractivity contribution is 7.09. The second-order valence-corrected chi connectivity index (χ2v) is 5.52. The van der Waals surface area contributed by atoms with Gasteiger partial charge in [-0.3, -0.25) is 4.90 Å². The molecule has 4 heteroatoms. The highest BCUT2D eigenvalue weighted by atomic mass is 32.1. The zero-order chi connectivity index (χ0) is 11.4. The predicted octanol–water partition coefficient (Wildman–Crippen LogP) is 1.87. The first-order valence-corrected chi connectivity index (χ1v) is 6.22. The molecule has 0 aliphatic carbocycles. The molecular weight excluding hydrogens is 206 g/mol. The van der Waals surface area contributed by atoms with Crippen LogP contribution in [0, 0.1) is 12.8 Å². The lowest BCUT2D eigenvalue weighted by atomic mass is 10.1. The molecule has 86 valence electrons. The predicted molar refractivity (Wildman–Crippen MR) is 66.0 cm³/mol. The molecule has 1 unspecified atom stereocenters. The van der Waals surface area contributed by atoms with E-state index in [0.717, 1.165) is 23.8 Å². The third kappa shape index (κ3) is 4.28. The number of hydrogen-bond donors (Lipinski definition) is 1. The zero-order valence-corrected chi connectivity index (χ0v) is 10.8. The molecule has 1 aromatic heterocycles. The second kappa shape index (κ2) is 5.58. The Labute approximate surface area is 96.3 Å². The van der Waals surface area contributed by atoms with Crippen molar-refractivity contribution in [3.05, 3.63) is 16.1 Å². The molecule has 0 saturated heterocycles. The van der Waals surface area contributed by atoms with Gasteiger partial charge in [0, 0.05) is 24.5 Å². The monoisotopic (exact) mass is 227 g/mol. The van der Waals surface area contributed by atoms with Gasteiger partial charge in [0.1, 0.15) is 0 Å². The van der Waals surface area contributed by atoms with Crippen LogP contribution >= 0.6 is 11.3 Å². The van der Waals surface area contributed by atoms with Crippen molar-refractivity contribution in [1.29, 1.82) is 0 Å². The van der Waals surface area contributed by atoms with Gasteiger partial charge >= 0.3 is 0 Å². The Morgan fingerprint density at radius 1 is 1.53 bits per heavy atom. The number of nitrogens with zero attached hydrogens (tertiary/aromatic N) is 2. The molecule has 0 radical (unpaired) electrons. The van der Waals surface area contributed by atoms with Crippen molar-refractivity contribution in [3.8, 4) is 0 Å². The maximum atomic E-state index is 6.02. The van der Waals surface area contributed by atoms with Crippen LogP contribution in [0.2, 0.25) is 0 Å². The SMILES string of the molecule is Cc1nc(CN(C)CC(N)C(C)C)cs1. The summed E-state index contributed by atoms with van der Waals surface area (Å²) in [5, 5.41) is 3.25. The summed E-state index contributed by atoms with van der Waals surface area (Å²) in [5.74, 6) is 0.532. The summed E-state index contributed by atoms with van der Waals surface area (Å²) in [5.41, 5.74) is 7.17. The van der Waals surface area contributed by atoms with Crippen LogP contribution in [0.25, 0.3) is 0 Å². The maximum absolute atomic E-state index is 6.02. The van der Waals surface area contributed by atoms with E-state index >= 15 is 0 Å². The number of rotatable bonds is 5. The molecule has 3 nitrogen and oxygen atoms in total. The Balaban J connectivity index is 2.39. The van der Waals surface area contributed by atoms with Crippen molar-refractivity contribution in [2.24, 2.45) is 11.7 Å². The summed E-state index contributed by atoms with van der Waals surface area (Å²) in [6, 6.07) is 0.245. The second-order valence-electron chi connectivity index (χ2n) is 4.46. The molecule has 15 heavy (non-hydrogen) atoms. The van der Waals surface area contributed by atoms with Crippen LogP contribution in [0.1, 0.15) is 24.5 Å². The molecule has 0 bridgehead atoms. The van der Waals surface area contributed by atoms with Gasteiger partial charge in [-0.05, 0) is 19.9 Å². The fourth-order valence-corrected chi connectivity index (χ4v) is 2.00. The van der Waals surface area contributed by atoms with Gasteiger partial charge in [0.2, 0.25) is 0 Å². The summed E-state index contributed by atoms with van der Waals surface area (Å²) in [6.07, 6.45) is 0. The van der Waals surface area contributed by atoms with Crippen LogP contribution in [-0.2, 0) is 6.54 Å². The molecule has 0 aliphatic heterocycles. The topological polar surface area (TPSA) is 42.2 Å². The number of likely N-dealkylation sites (N-methyl/N-ethyl adjacent to an activating group) is 1. The van der Waals surface area contributed by atoms with Crippen molar-refractivity contribution >= 4 is 11.3 Å². The number of aromatic nitrogens is 1. The molecule has 1 rings (SSSR count). The van der Waals surface area contributed by atoms with Gasteiger partial charge in [-0.2, -0.15) is 0 Å². The van der Waals surface area contributed by atoms with Crippen LogP contribution in [0.4, 0.5) is 0 Å². The lowest BCUT2D eigenvalue weighted by Gasteiger charge is -2.22. The minimum Gasteiger partial charge on any atom is -0.326 e. The van der Waals surface area contributed by atoms with Gasteiger partial charge < -0.3 is 5.73 Å². The third-order valence-electron chi connectivity index (χ3n) is 2.48. The fraction of sp³-hybridized carbons (Fsp3) is 0.727. The van der Waals surface area contributed by atoms with Crippen molar-refractivity contribution in [2.45, 2.75) is 33.4 Å². The van der Waals surface area contributed by atoms with Gasteiger partial charge in [0.05, 0.1) is 10.7 Å². The third-order valence-corrected chi connectivity index (χ3v) is 3.30. The van der Waals surface area contributed by atoms with E-state index in [0.29, 0.717) is 5.92 Å². The van der Waals surface area contributed by atoms with Crippen LogP contribution in [-0.4, -0.2) is 29.5 Å².